The Labute approximate surface area is 191 Å². The van der Waals surface area contributed by atoms with Crippen LogP contribution in [0.25, 0.3) is 10.9 Å². The number of hydrogen-bond acceptors (Lipinski definition) is 3. The molecule has 3 N–H and O–H groups in total. The highest BCUT2D eigenvalue weighted by atomic mass is 35.5. The predicted octanol–water partition coefficient (Wildman–Crippen LogP) is 4.67. The number of H-pyrrole nitrogens is 1. The summed E-state index contributed by atoms with van der Waals surface area (Å²) in [6, 6.07) is 10.4. The Morgan fingerprint density at radius 3 is 2.50 bits per heavy atom. The van der Waals surface area contributed by atoms with Gasteiger partial charge < -0.3 is 10.3 Å². The molecule has 2 aromatic carbocycles. The number of hydrogen-bond donors (Lipinski definition) is 3. The summed E-state index contributed by atoms with van der Waals surface area (Å²) < 4.78 is 41.5. The third-order valence-electron chi connectivity index (χ3n) is 6.06. The molecule has 1 atom stereocenters. The molecule has 6 nitrogen and oxygen atoms in total. The van der Waals surface area contributed by atoms with Gasteiger partial charge in [0.15, 0.2) is 0 Å². The van der Waals surface area contributed by atoms with Crippen LogP contribution in [0.2, 0.25) is 5.02 Å². The highest BCUT2D eigenvalue weighted by Gasteiger charge is 2.30. The first-order chi connectivity index (χ1) is 15.2. The number of amides is 1. The molecule has 0 radical (unpaired) electrons. The van der Waals surface area contributed by atoms with Gasteiger partial charge in [0.05, 0.1) is 16.0 Å². The Morgan fingerprint density at radius 1 is 1.12 bits per heavy atom. The maximum atomic E-state index is 13.1. The summed E-state index contributed by atoms with van der Waals surface area (Å²) in [4.78, 5) is 15.8. The minimum Gasteiger partial charge on any atom is -0.360 e. The molecule has 32 heavy (non-hydrogen) atoms. The van der Waals surface area contributed by atoms with Gasteiger partial charge in [0, 0.05) is 29.1 Å². The first-order valence-electron chi connectivity index (χ1n) is 10.6. The predicted molar refractivity (Wildman–Crippen MR) is 122 cm³/mol. The van der Waals surface area contributed by atoms with Crippen LogP contribution >= 0.6 is 11.6 Å². The molecule has 170 valence electrons. The molecule has 9 heteroatoms. The van der Waals surface area contributed by atoms with Gasteiger partial charge in [-0.1, -0.05) is 23.7 Å². The van der Waals surface area contributed by atoms with Crippen LogP contribution in [0, 0.1) is 11.7 Å². The number of nitrogens with one attached hydrogen (secondary N) is 3. The highest BCUT2D eigenvalue weighted by Crippen LogP contribution is 2.28. The second-order valence-corrected chi connectivity index (χ2v) is 10.4. The lowest BCUT2D eigenvalue weighted by Crippen LogP contribution is -2.41. The molecule has 1 aliphatic carbocycles. The number of rotatable bonds is 6. The maximum Gasteiger partial charge on any atom is 0.240 e. The molecule has 0 spiro atoms. The van der Waals surface area contributed by atoms with Gasteiger partial charge in [-0.2, -0.15) is 0 Å². The number of benzene rings is 2. The molecule has 0 aliphatic heterocycles. The van der Waals surface area contributed by atoms with E-state index >= 15 is 0 Å². The van der Waals surface area contributed by atoms with E-state index in [0.29, 0.717) is 36.2 Å². The van der Waals surface area contributed by atoms with Crippen molar-refractivity contribution in [1.29, 1.82) is 0 Å². The van der Waals surface area contributed by atoms with Crippen molar-refractivity contribution in [3.05, 3.63) is 65.1 Å². The van der Waals surface area contributed by atoms with E-state index in [9.17, 15) is 17.6 Å². The molecule has 1 heterocycles. The average Bonchev–Trinajstić information content (AvgIpc) is 3.14. The fourth-order valence-electron chi connectivity index (χ4n) is 4.16. The van der Waals surface area contributed by atoms with Crippen LogP contribution in [0.15, 0.2) is 53.6 Å². The van der Waals surface area contributed by atoms with Crippen LogP contribution < -0.4 is 10.0 Å². The molecule has 0 bridgehead atoms. The van der Waals surface area contributed by atoms with Crippen LogP contribution in [0.1, 0.15) is 44.2 Å². The molecule has 0 saturated heterocycles. The fourth-order valence-corrected chi connectivity index (χ4v) is 5.71. The Bertz CT molecular complexity index is 1220. The van der Waals surface area contributed by atoms with Gasteiger partial charge in [-0.3, -0.25) is 4.79 Å². The fraction of sp³-hybridized carbons (Fsp3) is 0.348. The van der Waals surface area contributed by atoms with E-state index in [2.05, 4.69) is 15.0 Å². The Kier molecular flexibility index (Phi) is 6.55. The Balaban J connectivity index is 1.32. The van der Waals surface area contributed by atoms with Gasteiger partial charge in [-0.05, 0) is 68.5 Å². The number of halogens is 2. The lowest BCUT2D eigenvalue weighted by atomic mass is 9.85. The van der Waals surface area contributed by atoms with Crippen molar-refractivity contribution >= 4 is 38.4 Å². The van der Waals surface area contributed by atoms with Crippen molar-refractivity contribution in [2.45, 2.75) is 49.6 Å². The van der Waals surface area contributed by atoms with E-state index in [1.165, 1.54) is 12.1 Å². The lowest BCUT2D eigenvalue weighted by Gasteiger charge is -2.29. The summed E-state index contributed by atoms with van der Waals surface area (Å²) in [5.74, 6) is -0.544. The lowest BCUT2D eigenvalue weighted by molar-refractivity contribution is -0.126. The number of aromatic amines is 1. The molecule has 1 aliphatic rings. The van der Waals surface area contributed by atoms with Crippen molar-refractivity contribution in [3.8, 4) is 0 Å². The van der Waals surface area contributed by atoms with Crippen LogP contribution in [0.5, 0.6) is 0 Å². The topological polar surface area (TPSA) is 91.1 Å². The minimum atomic E-state index is -3.68. The number of sulfonamides is 1. The number of fused-ring (bicyclic) bond motifs is 1. The quantitative estimate of drug-likeness (QED) is 0.481. The standard InChI is InChI=1S/C23H25ClFN3O3S/c1-14(15-2-6-17(25)7-3-15)27-23(29)16-4-8-18(9-5-16)28-32(30,31)19-10-11-20-21(24)13-26-22(20)12-19/h2-3,6-7,10-14,16,18,26,28H,4-5,8-9H2,1H3,(H,27,29). The van der Waals surface area contributed by atoms with E-state index in [1.807, 2.05) is 6.92 Å². The molecule has 4 rings (SSSR count). The molecule has 1 unspecified atom stereocenters. The third kappa shape index (κ3) is 4.98. The zero-order valence-corrected chi connectivity index (χ0v) is 19.1. The zero-order valence-electron chi connectivity index (χ0n) is 17.6. The molecule has 1 aromatic heterocycles. The zero-order chi connectivity index (χ0) is 22.9. The SMILES string of the molecule is CC(NC(=O)C1CCC(NS(=O)(=O)c2ccc3c(Cl)c[nH]c3c2)CC1)c1ccc(F)cc1. The van der Waals surface area contributed by atoms with Crippen molar-refractivity contribution in [1.82, 2.24) is 15.0 Å². The maximum absolute atomic E-state index is 13.1. The highest BCUT2D eigenvalue weighted by molar-refractivity contribution is 7.89. The third-order valence-corrected chi connectivity index (χ3v) is 7.89. The van der Waals surface area contributed by atoms with Gasteiger partial charge in [0.2, 0.25) is 15.9 Å². The first-order valence-corrected chi connectivity index (χ1v) is 12.4. The number of carbonyl (C=O) groups is 1. The van der Waals surface area contributed by atoms with E-state index < -0.39 is 10.0 Å². The average molecular weight is 478 g/mol. The van der Waals surface area contributed by atoms with E-state index in [0.717, 1.165) is 10.9 Å². The molecular formula is C23H25ClFN3O3S. The molecular weight excluding hydrogens is 453 g/mol. The number of aromatic nitrogens is 1. The monoisotopic (exact) mass is 477 g/mol. The molecule has 3 aromatic rings. The summed E-state index contributed by atoms with van der Waals surface area (Å²) >= 11 is 6.06. The summed E-state index contributed by atoms with van der Waals surface area (Å²) in [6.45, 7) is 1.86. The van der Waals surface area contributed by atoms with Crippen LogP contribution in [-0.4, -0.2) is 25.4 Å². The van der Waals surface area contributed by atoms with Crippen molar-refractivity contribution < 1.29 is 17.6 Å². The van der Waals surface area contributed by atoms with Gasteiger partial charge in [0.1, 0.15) is 5.82 Å². The van der Waals surface area contributed by atoms with Gasteiger partial charge in [0.25, 0.3) is 0 Å². The summed E-state index contributed by atoms with van der Waals surface area (Å²) in [5, 5.41) is 4.29. The second-order valence-electron chi connectivity index (χ2n) is 8.30. The van der Waals surface area contributed by atoms with E-state index in [4.69, 9.17) is 11.6 Å². The Hall–Kier alpha value is -2.42. The van der Waals surface area contributed by atoms with E-state index in [1.54, 1.807) is 36.5 Å². The van der Waals surface area contributed by atoms with Crippen molar-refractivity contribution in [2.75, 3.05) is 0 Å². The normalized spacial score (nSPS) is 20.2. The summed E-state index contributed by atoms with van der Waals surface area (Å²) in [7, 11) is -3.68. The van der Waals surface area contributed by atoms with Crippen LogP contribution in [0.4, 0.5) is 4.39 Å². The summed E-state index contributed by atoms with van der Waals surface area (Å²) in [5.41, 5.74) is 1.50. The Morgan fingerprint density at radius 2 is 1.81 bits per heavy atom. The molecule has 1 amide bonds. The first kappa shape index (κ1) is 22.8. The van der Waals surface area contributed by atoms with Crippen LogP contribution in [-0.2, 0) is 14.8 Å². The van der Waals surface area contributed by atoms with Gasteiger partial charge >= 0.3 is 0 Å². The largest absolute Gasteiger partial charge is 0.360 e. The smallest absolute Gasteiger partial charge is 0.240 e. The van der Waals surface area contributed by atoms with Gasteiger partial charge in [-0.25, -0.2) is 17.5 Å². The van der Waals surface area contributed by atoms with Crippen molar-refractivity contribution in [3.63, 3.8) is 0 Å². The second kappa shape index (κ2) is 9.21. The van der Waals surface area contributed by atoms with Crippen molar-refractivity contribution in [2.24, 2.45) is 5.92 Å². The van der Waals surface area contributed by atoms with E-state index in [-0.39, 0.29) is 34.6 Å². The van der Waals surface area contributed by atoms with Gasteiger partial charge in [-0.15, -0.1) is 0 Å². The molecule has 1 fully saturated rings. The summed E-state index contributed by atoms with van der Waals surface area (Å²) in [6.07, 6.45) is 3.98. The van der Waals surface area contributed by atoms with Crippen LogP contribution in [0.3, 0.4) is 0 Å². The minimum absolute atomic E-state index is 0.0581. The number of carbonyl (C=O) groups excluding carboxylic acids is 1. The molecule has 1 saturated carbocycles.